The van der Waals surface area contributed by atoms with Gasteiger partial charge in [0.1, 0.15) is 18.7 Å². The second-order valence-corrected chi connectivity index (χ2v) is 8.49. The van der Waals surface area contributed by atoms with Crippen LogP contribution in [0, 0.1) is 6.92 Å². The van der Waals surface area contributed by atoms with Crippen LogP contribution in [0.2, 0.25) is 5.02 Å². The third kappa shape index (κ3) is 4.47. The SMILES string of the molecule is Cc1ccc(NC(=O)Cn2ncc3c(N4CCN(c5ccccc5)CC4)ncnc32)c(Cl)c1. The van der Waals surface area contributed by atoms with E-state index in [1.54, 1.807) is 16.9 Å². The molecule has 2 aromatic carbocycles. The molecule has 0 unspecified atom stereocenters. The van der Waals surface area contributed by atoms with Crippen molar-refractivity contribution in [3.05, 3.63) is 71.6 Å². The molecule has 0 spiro atoms. The molecule has 8 nitrogen and oxygen atoms in total. The summed E-state index contributed by atoms with van der Waals surface area (Å²) in [6, 6.07) is 15.9. The Kier molecular flexibility index (Phi) is 5.83. The largest absolute Gasteiger partial charge is 0.368 e. The van der Waals surface area contributed by atoms with Crippen molar-refractivity contribution in [2.24, 2.45) is 0 Å². The summed E-state index contributed by atoms with van der Waals surface area (Å²) in [6.45, 7) is 5.49. The van der Waals surface area contributed by atoms with E-state index in [0.29, 0.717) is 16.4 Å². The highest BCUT2D eigenvalue weighted by Crippen LogP contribution is 2.26. The van der Waals surface area contributed by atoms with E-state index in [0.717, 1.165) is 42.9 Å². The van der Waals surface area contributed by atoms with Gasteiger partial charge >= 0.3 is 0 Å². The van der Waals surface area contributed by atoms with E-state index in [9.17, 15) is 4.79 Å². The van der Waals surface area contributed by atoms with Crippen molar-refractivity contribution in [1.82, 2.24) is 19.7 Å². The van der Waals surface area contributed by atoms with Crippen LogP contribution < -0.4 is 15.1 Å². The number of hydrogen-bond acceptors (Lipinski definition) is 6. The van der Waals surface area contributed by atoms with Crippen molar-refractivity contribution in [3.63, 3.8) is 0 Å². The average molecular weight is 462 g/mol. The fourth-order valence-corrected chi connectivity index (χ4v) is 4.39. The number of halogens is 1. The van der Waals surface area contributed by atoms with E-state index in [2.05, 4.69) is 54.4 Å². The van der Waals surface area contributed by atoms with Crippen LogP contribution in [0.15, 0.2) is 61.1 Å². The van der Waals surface area contributed by atoms with E-state index >= 15 is 0 Å². The molecule has 4 aromatic rings. The zero-order chi connectivity index (χ0) is 22.8. The van der Waals surface area contributed by atoms with Gasteiger partial charge in [0, 0.05) is 31.9 Å². The first-order chi connectivity index (χ1) is 16.1. The first kappa shape index (κ1) is 21.2. The van der Waals surface area contributed by atoms with E-state index < -0.39 is 0 Å². The maximum atomic E-state index is 12.6. The van der Waals surface area contributed by atoms with Gasteiger partial charge in [-0.2, -0.15) is 5.10 Å². The number of para-hydroxylation sites is 1. The number of anilines is 3. The number of carbonyl (C=O) groups is 1. The molecule has 0 bridgehead atoms. The highest BCUT2D eigenvalue weighted by molar-refractivity contribution is 6.33. The number of benzene rings is 2. The minimum absolute atomic E-state index is 0.0337. The summed E-state index contributed by atoms with van der Waals surface area (Å²) in [6.07, 6.45) is 3.27. The molecular weight excluding hydrogens is 438 g/mol. The zero-order valence-electron chi connectivity index (χ0n) is 18.3. The Morgan fingerprint density at radius 1 is 1.03 bits per heavy atom. The van der Waals surface area contributed by atoms with Crippen molar-refractivity contribution in [2.75, 3.05) is 41.3 Å². The van der Waals surface area contributed by atoms with Crippen LogP contribution >= 0.6 is 11.6 Å². The normalized spacial score (nSPS) is 14.0. The molecule has 5 rings (SSSR count). The number of aromatic nitrogens is 4. The highest BCUT2D eigenvalue weighted by Gasteiger charge is 2.22. The Hall–Kier alpha value is -3.65. The molecule has 1 amide bonds. The van der Waals surface area contributed by atoms with Crippen molar-refractivity contribution >= 4 is 45.7 Å². The number of rotatable bonds is 5. The molecule has 0 saturated carbocycles. The van der Waals surface area contributed by atoms with Gasteiger partial charge in [-0.3, -0.25) is 4.79 Å². The summed E-state index contributed by atoms with van der Waals surface area (Å²) in [5.74, 6) is 0.628. The Labute approximate surface area is 196 Å². The van der Waals surface area contributed by atoms with E-state index in [1.165, 1.54) is 12.0 Å². The summed E-state index contributed by atoms with van der Waals surface area (Å²) in [5.41, 5.74) is 3.48. The summed E-state index contributed by atoms with van der Waals surface area (Å²) >= 11 is 6.24. The van der Waals surface area contributed by atoms with Crippen LogP contribution in [0.3, 0.4) is 0 Å². The number of fused-ring (bicyclic) bond motifs is 1. The molecule has 0 aliphatic carbocycles. The molecular formula is C24H24ClN7O. The quantitative estimate of drug-likeness (QED) is 0.487. The zero-order valence-corrected chi connectivity index (χ0v) is 19.0. The van der Waals surface area contributed by atoms with Crippen LogP contribution in [0.5, 0.6) is 0 Å². The Morgan fingerprint density at radius 3 is 2.55 bits per heavy atom. The number of aryl methyl sites for hydroxylation is 1. The van der Waals surface area contributed by atoms with Crippen LogP contribution in [0.25, 0.3) is 11.0 Å². The molecule has 0 radical (unpaired) electrons. The molecule has 1 aliphatic rings. The molecule has 2 aromatic heterocycles. The van der Waals surface area contributed by atoms with Crippen molar-refractivity contribution in [2.45, 2.75) is 13.5 Å². The summed E-state index contributed by atoms with van der Waals surface area (Å²) in [4.78, 5) is 26.2. The van der Waals surface area contributed by atoms with Gasteiger partial charge < -0.3 is 15.1 Å². The van der Waals surface area contributed by atoms with E-state index in [-0.39, 0.29) is 12.5 Å². The van der Waals surface area contributed by atoms with Crippen molar-refractivity contribution in [1.29, 1.82) is 0 Å². The van der Waals surface area contributed by atoms with E-state index in [1.807, 2.05) is 25.1 Å². The number of nitrogens with zero attached hydrogens (tertiary/aromatic N) is 6. The van der Waals surface area contributed by atoms with Gasteiger partial charge in [-0.25, -0.2) is 14.6 Å². The van der Waals surface area contributed by atoms with E-state index in [4.69, 9.17) is 11.6 Å². The molecule has 1 fully saturated rings. The van der Waals surface area contributed by atoms with Gasteiger partial charge in [-0.1, -0.05) is 35.9 Å². The molecule has 0 atom stereocenters. The predicted octanol–water partition coefficient (Wildman–Crippen LogP) is 3.75. The van der Waals surface area contributed by atoms with Gasteiger partial charge in [0.05, 0.1) is 22.3 Å². The lowest BCUT2D eigenvalue weighted by molar-refractivity contribution is -0.116. The first-order valence-corrected chi connectivity index (χ1v) is 11.2. The second kappa shape index (κ2) is 9.07. The summed E-state index contributed by atoms with van der Waals surface area (Å²) < 4.78 is 1.60. The van der Waals surface area contributed by atoms with Crippen LogP contribution in [-0.2, 0) is 11.3 Å². The molecule has 168 valence electrons. The first-order valence-electron chi connectivity index (χ1n) is 10.9. The summed E-state index contributed by atoms with van der Waals surface area (Å²) in [7, 11) is 0. The molecule has 1 aliphatic heterocycles. The maximum Gasteiger partial charge on any atom is 0.246 e. The van der Waals surface area contributed by atoms with Gasteiger partial charge in [-0.05, 0) is 36.8 Å². The van der Waals surface area contributed by atoms with Crippen LogP contribution in [0.1, 0.15) is 5.56 Å². The lowest BCUT2D eigenvalue weighted by atomic mass is 10.2. The fraction of sp³-hybridized carbons (Fsp3) is 0.250. The molecule has 3 heterocycles. The molecule has 1 saturated heterocycles. The van der Waals surface area contributed by atoms with Crippen LogP contribution in [0.4, 0.5) is 17.2 Å². The lowest BCUT2D eigenvalue weighted by Crippen LogP contribution is -2.46. The lowest BCUT2D eigenvalue weighted by Gasteiger charge is -2.36. The topological polar surface area (TPSA) is 79.2 Å². The Morgan fingerprint density at radius 2 is 1.79 bits per heavy atom. The van der Waals surface area contributed by atoms with Gasteiger partial charge in [0.2, 0.25) is 5.91 Å². The van der Waals surface area contributed by atoms with Gasteiger partial charge in [0.15, 0.2) is 5.65 Å². The smallest absolute Gasteiger partial charge is 0.246 e. The highest BCUT2D eigenvalue weighted by atomic mass is 35.5. The van der Waals surface area contributed by atoms with Crippen molar-refractivity contribution in [3.8, 4) is 0 Å². The van der Waals surface area contributed by atoms with Gasteiger partial charge in [-0.15, -0.1) is 0 Å². The van der Waals surface area contributed by atoms with Gasteiger partial charge in [0.25, 0.3) is 0 Å². The average Bonchev–Trinajstić information content (AvgIpc) is 3.24. The monoisotopic (exact) mass is 461 g/mol. The van der Waals surface area contributed by atoms with Crippen molar-refractivity contribution < 1.29 is 4.79 Å². The Balaban J connectivity index is 1.30. The minimum Gasteiger partial charge on any atom is -0.368 e. The molecule has 9 heteroatoms. The standard InChI is InChI=1S/C24H24ClN7O/c1-17-7-8-21(20(25)13-17)29-22(33)15-32-24-19(14-28-32)23(26-16-27-24)31-11-9-30(10-12-31)18-5-3-2-4-6-18/h2-8,13-14,16H,9-12,15H2,1H3,(H,29,33). The predicted molar refractivity (Wildman–Crippen MR) is 131 cm³/mol. The number of hydrogen-bond donors (Lipinski definition) is 1. The third-order valence-electron chi connectivity index (χ3n) is 5.81. The molecule has 33 heavy (non-hydrogen) atoms. The Bertz CT molecular complexity index is 1280. The number of piperazine rings is 1. The molecule has 1 N–H and O–H groups in total. The third-order valence-corrected chi connectivity index (χ3v) is 6.12. The number of nitrogens with one attached hydrogen (secondary N) is 1. The minimum atomic E-state index is -0.220. The number of carbonyl (C=O) groups excluding carboxylic acids is 1. The second-order valence-electron chi connectivity index (χ2n) is 8.08. The summed E-state index contributed by atoms with van der Waals surface area (Å²) in [5, 5.41) is 8.61. The number of amides is 1. The fourth-order valence-electron chi connectivity index (χ4n) is 4.11. The van der Waals surface area contributed by atoms with Crippen LogP contribution in [-0.4, -0.2) is 51.8 Å². The maximum absolute atomic E-state index is 12.6.